The molecule has 1 fully saturated rings. The third-order valence-electron chi connectivity index (χ3n) is 4.45. The number of urea groups is 1. The van der Waals surface area contributed by atoms with E-state index in [4.69, 9.17) is 16.3 Å². The molecule has 2 atom stereocenters. The summed E-state index contributed by atoms with van der Waals surface area (Å²) in [5.74, 6) is 0.376. The summed E-state index contributed by atoms with van der Waals surface area (Å²) in [7, 11) is 3.51. The molecule has 6 nitrogen and oxygen atoms in total. The molecule has 1 aliphatic rings. The molecule has 8 heteroatoms. The van der Waals surface area contributed by atoms with Crippen LogP contribution in [0.2, 0.25) is 4.34 Å². The number of imide groups is 1. The van der Waals surface area contributed by atoms with Gasteiger partial charge in [-0.05, 0) is 36.8 Å². The second-order valence-corrected chi connectivity index (χ2v) is 8.32. The zero-order chi connectivity index (χ0) is 18.9. The van der Waals surface area contributed by atoms with Crippen LogP contribution < -0.4 is 15.0 Å². The molecule has 26 heavy (non-hydrogen) atoms. The number of quaternary nitrogens is 1. The van der Waals surface area contributed by atoms with Crippen LogP contribution in [0.15, 0.2) is 36.4 Å². The zero-order valence-corrected chi connectivity index (χ0v) is 16.4. The summed E-state index contributed by atoms with van der Waals surface area (Å²) in [5, 5.41) is 2.82. The number of hydrogen-bond donors (Lipinski definition) is 2. The summed E-state index contributed by atoms with van der Waals surface area (Å²) in [6.07, 6.45) is 0. The minimum Gasteiger partial charge on any atom is -0.497 e. The lowest BCUT2D eigenvalue weighted by Crippen LogP contribution is -3.09. The molecule has 3 amide bonds. The summed E-state index contributed by atoms with van der Waals surface area (Å²) in [5.41, 5.74) is -0.404. The Kier molecular flexibility index (Phi) is 5.22. The molecule has 0 aliphatic carbocycles. The average molecular weight is 395 g/mol. The molecule has 1 aromatic carbocycles. The van der Waals surface area contributed by atoms with Crippen LogP contribution in [-0.2, 0) is 16.9 Å². The number of ether oxygens (including phenoxy) is 1. The zero-order valence-electron chi connectivity index (χ0n) is 14.8. The van der Waals surface area contributed by atoms with E-state index in [1.54, 1.807) is 32.2 Å². The standard InChI is InChI=1S/C18H20ClN3O3S/c1-18(12-5-4-6-13(9-12)25-3)16(23)22(17(24)20-18)11-21(2)10-14-7-8-15(19)26-14/h4-9H,10-11H2,1-3H3,(H,20,24)/p+1/t18-/m1/s1. The fourth-order valence-electron chi connectivity index (χ4n) is 3.04. The fourth-order valence-corrected chi connectivity index (χ4v) is 4.24. The van der Waals surface area contributed by atoms with Gasteiger partial charge in [0.25, 0.3) is 5.91 Å². The number of carbonyl (C=O) groups is 2. The number of carbonyl (C=O) groups excluding carboxylic acids is 2. The lowest BCUT2D eigenvalue weighted by molar-refractivity contribution is -0.900. The first kappa shape index (κ1) is 18.7. The molecule has 0 radical (unpaired) electrons. The number of amides is 3. The Hall–Kier alpha value is -2.09. The second-order valence-electron chi connectivity index (χ2n) is 6.52. The predicted octanol–water partition coefficient (Wildman–Crippen LogP) is 1.85. The Morgan fingerprint density at radius 3 is 2.73 bits per heavy atom. The number of methoxy groups -OCH3 is 1. The van der Waals surface area contributed by atoms with Gasteiger partial charge in [-0.25, -0.2) is 9.69 Å². The van der Waals surface area contributed by atoms with E-state index in [0.717, 1.165) is 14.1 Å². The van der Waals surface area contributed by atoms with Crippen LogP contribution in [0, 0.1) is 0 Å². The van der Waals surface area contributed by atoms with Crippen LogP contribution in [0.25, 0.3) is 0 Å². The van der Waals surface area contributed by atoms with Crippen molar-refractivity contribution in [2.45, 2.75) is 19.0 Å². The maximum Gasteiger partial charge on any atom is 0.329 e. The van der Waals surface area contributed by atoms with Gasteiger partial charge in [-0.2, -0.15) is 0 Å². The van der Waals surface area contributed by atoms with Crippen LogP contribution in [0.5, 0.6) is 5.75 Å². The maximum absolute atomic E-state index is 13.0. The van der Waals surface area contributed by atoms with E-state index >= 15 is 0 Å². The number of halogens is 1. The van der Waals surface area contributed by atoms with E-state index < -0.39 is 5.54 Å². The number of nitrogens with one attached hydrogen (secondary N) is 2. The summed E-state index contributed by atoms with van der Waals surface area (Å²) in [4.78, 5) is 28.8. The molecular weight excluding hydrogens is 374 g/mol. The van der Waals surface area contributed by atoms with Gasteiger partial charge in [0, 0.05) is 0 Å². The monoisotopic (exact) mass is 394 g/mol. The highest BCUT2D eigenvalue weighted by molar-refractivity contribution is 7.16. The molecular formula is C18H21ClN3O3S+. The highest BCUT2D eigenvalue weighted by Crippen LogP contribution is 2.30. The molecule has 2 N–H and O–H groups in total. The van der Waals surface area contributed by atoms with Crippen molar-refractivity contribution in [3.63, 3.8) is 0 Å². The molecule has 2 aromatic rings. The van der Waals surface area contributed by atoms with Gasteiger partial charge in [0.15, 0.2) is 6.67 Å². The topological polar surface area (TPSA) is 63.1 Å². The molecule has 0 bridgehead atoms. The van der Waals surface area contributed by atoms with Crippen LogP contribution in [0.4, 0.5) is 4.79 Å². The first-order valence-corrected chi connectivity index (χ1v) is 9.37. The Balaban J connectivity index is 1.75. The maximum atomic E-state index is 13.0. The quantitative estimate of drug-likeness (QED) is 0.735. The number of benzene rings is 1. The normalized spacial score (nSPS) is 21.0. The van der Waals surface area contributed by atoms with Crippen LogP contribution in [0.1, 0.15) is 17.4 Å². The molecule has 138 valence electrons. The molecule has 1 unspecified atom stereocenters. The third-order valence-corrected chi connectivity index (χ3v) is 5.69. The molecule has 1 aliphatic heterocycles. The largest absolute Gasteiger partial charge is 0.497 e. The van der Waals surface area contributed by atoms with Crippen molar-refractivity contribution in [3.05, 3.63) is 51.2 Å². The SMILES string of the molecule is COc1cccc([C@@]2(C)NC(=O)N(C[NH+](C)Cc3ccc(Cl)s3)C2=O)c1. The van der Waals surface area contributed by atoms with E-state index in [1.165, 1.54) is 16.2 Å². The van der Waals surface area contributed by atoms with Crippen molar-refractivity contribution < 1.29 is 19.2 Å². The van der Waals surface area contributed by atoms with E-state index in [9.17, 15) is 9.59 Å². The predicted molar refractivity (Wildman–Crippen MR) is 101 cm³/mol. The van der Waals surface area contributed by atoms with Gasteiger partial charge in [-0.1, -0.05) is 23.7 Å². The number of nitrogens with zero attached hydrogens (tertiary/aromatic N) is 1. The van der Waals surface area contributed by atoms with Crippen LogP contribution in [0.3, 0.4) is 0 Å². The Morgan fingerprint density at radius 2 is 2.08 bits per heavy atom. The van der Waals surface area contributed by atoms with Gasteiger partial charge in [-0.3, -0.25) is 4.79 Å². The first-order valence-electron chi connectivity index (χ1n) is 8.17. The van der Waals surface area contributed by atoms with Gasteiger partial charge < -0.3 is 15.0 Å². The molecule has 3 rings (SSSR count). The van der Waals surface area contributed by atoms with Gasteiger partial charge in [0.2, 0.25) is 0 Å². The molecule has 0 saturated carbocycles. The number of hydrogen-bond acceptors (Lipinski definition) is 4. The number of thiophene rings is 1. The third kappa shape index (κ3) is 3.56. The smallest absolute Gasteiger partial charge is 0.329 e. The summed E-state index contributed by atoms with van der Waals surface area (Å²) >= 11 is 7.46. The number of rotatable bonds is 6. The lowest BCUT2D eigenvalue weighted by Gasteiger charge is -2.23. The van der Waals surface area contributed by atoms with Crippen molar-refractivity contribution in [1.82, 2.24) is 10.2 Å². The summed E-state index contributed by atoms with van der Waals surface area (Å²) < 4.78 is 5.96. The highest BCUT2D eigenvalue weighted by atomic mass is 35.5. The van der Waals surface area contributed by atoms with Crippen molar-refractivity contribution in [2.24, 2.45) is 0 Å². The van der Waals surface area contributed by atoms with E-state index in [1.807, 2.05) is 25.2 Å². The summed E-state index contributed by atoms with van der Waals surface area (Å²) in [6, 6.07) is 10.6. The van der Waals surface area contributed by atoms with Gasteiger partial charge in [0.05, 0.1) is 23.4 Å². The summed E-state index contributed by atoms with van der Waals surface area (Å²) in [6.45, 7) is 2.68. The van der Waals surface area contributed by atoms with Crippen molar-refractivity contribution in [1.29, 1.82) is 0 Å². The molecule has 0 spiro atoms. The van der Waals surface area contributed by atoms with Crippen molar-refractivity contribution in [2.75, 3.05) is 20.8 Å². The van der Waals surface area contributed by atoms with E-state index in [2.05, 4.69) is 5.32 Å². The van der Waals surface area contributed by atoms with Gasteiger partial charge in [-0.15, -0.1) is 11.3 Å². The second kappa shape index (κ2) is 7.26. The van der Waals surface area contributed by atoms with Gasteiger partial charge in [0.1, 0.15) is 17.8 Å². The van der Waals surface area contributed by atoms with Gasteiger partial charge >= 0.3 is 6.03 Å². The van der Waals surface area contributed by atoms with Crippen molar-refractivity contribution >= 4 is 34.9 Å². The van der Waals surface area contributed by atoms with E-state index in [-0.39, 0.29) is 18.6 Å². The molecule has 1 aromatic heterocycles. The minimum absolute atomic E-state index is 0.265. The Bertz CT molecular complexity index is 841. The van der Waals surface area contributed by atoms with Crippen LogP contribution >= 0.6 is 22.9 Å². The fraction of sp³-hybridized carbons (Fsp3) is 0.333. The first-order chi connectivity index (χ1) is 12.3. The van der Waals surface area contributed by atoms with Crippen LogP contribution in [-0.4, -0.2) is 37.7 Å². The Labute approximate surface area is 161 Å². The average Bonchev–Trinajstić information content (AvgIpc) is 3.11. The molecule has 1 saturated heterocycles. The van der Waals surface area contributed by atoms with Crippen molar-refractivity contribution in [3.8, 4) is 5.75 Å². The minimum atomic E-state index is -1.10. The molecule has 2 heterocycles. The lowest BCUT2D eigenvalue weighted by atomic mass is 9.92. The Morgan fingerprint density at radius 1 is 1.31 bits per heavy atom. The van der Waals surface area contributed by atoms with E-state index in [0.29, 0.717) is 17.9 Å². The highest BCUT2D eigenvalue weighted by Gasteiger charge is 2.50.